The smallest absolute Gasteiger partial charge is 0.319 e. The first-order chi connectivity index (χ1) is 16.5. The fourth-order valence-corrected chi connectivity index (χ4v) is 4.56. The van der Waals surface area contributed by atoms with Crippen LogP contribution in [0.25, 0.3) is 0 Å². The fourth-order valence-electron chi connectivity index (χ4n) is 4.56. The fraction of sp³-hybridized carbons (Fsp3) is 0.480. The van der Waals surface area contributed by atoms with Crippen molar-refractivity contribution in [3.63, 3.8) is 0 Å². The number of urea groups is 1. The van der Waals surface area contributed by atoms with E-state index >= 15 is 0 Å². The van der Waals surface area contributed by atoms with Gasteiger partial charge in [0, 0.05) is 58.4 Å². The number of carbonyl (C=O) groups is 2. The summed E-state index contributed by atoms with van der Waals surface area (Å²) in [6.07, 6.45) is 2.31. The predicted molar refractivity (Wildman–Crippen MR) is 133 cm³/mol. The van der Waals surface area contributed by atoms with Gasteiger partial charge in [-0.2, -0.15) is 0 Å². The van der Waals surface area contributed by atoms with Gasteiger partial charge in [0.05, 0.1) is 23.6 Å². The zero-order chi connectivity index (χ0) is 23.9. The maximum atomic E-state index is 12.6. The van der Waals surface area contributed by atoms with Crippen molar-refractivity contribution in [2.75, 3.05) is 60.9 Å². The molecule has 2 saturated heterocycles. The first-order valence-electron chi connectivity index (χ1n) is 12.0. The number of benzene rings is 1. The van der Waals surface area contributed by atoms with Crippen LogP contribution in [0.1, 0.15) is 20.3 Å². The highest BCUT2D eigenvalue weighted by Gasteiger charge is 2.25. The summed E-state index contributed by atoms with van der Waals surface area (Å²) < 4.78 is 5.83. The van der Waals surface area contributed by atoms with E-state index in [1.807, 2.05) is 47.4 Å². The Morgan fingerprint density at radius 3 is 2.38 bits per heavy atom. The number of para-hydroxylation sites is 2. The molecule has 1 aromatic carbocycles. The van der Waals surface area contributed by atoms with E-state index in [-0.39, 0.29) is 30.6 Å². The summed E-state index contributed by atoms with van der Waals surface area (Å²) in [5, 5.41) is 5.77. The van der Waals surface area contributed by atoms with Gasteiger partial charge in [0.25, 0.3) is 0 Å². The van der Waals surface area contributed by atoms with Crippen LogP contribution in [0.15, 0.2) is 48.7 Å². The van der Waals surface area contributed by atoms with Crippen LogP contribution in [0, 0.1) is 0 Å². The molecule has 0 saturated carbocycles. The Bertz CT molecular complexity index is 954. The van der Waals surface area contributed by atoms with Crippen LogP contribution in [0.5, 0.6) is 0 Å². The van der Waals surface area contributed by atoms with Crippen molar-refractivity contribution in [1.29, 1.82) is 0 Å². The number of anilines is 3. The molecule has 34 heavy (non-hydrogen) atoms. The van der Waals surface area contributed by atoms with Crippen molar-refractivity contribution in [3.05, 3.63) is 48.7 Å². The van der Waals surface area contributed by atoms with E-state index in [9.17, 15) is 9.59 Å². The molecule has 3 heterocycles. The molecule has 0 aliphatic carbocycles. The minimum absolute atomic E-state index is 0.0534. The Kier molecular flexibility index (Phi) is 7.84. The standard InChI is InChI=1S/C25H34N6O3/c1-19-17-31(18-20(2)34-19)22-8-4-3-7-21(22)28-25(33)27-12-10-24(32)30-15-13-29(14-16-30)23-9-5-6-11-26-23/h3-9,11,19-20H,10,12-18H2,1-2H3,(H2,27,28,33). The van der Waals surface area contributed by atoms with Crippen LogP contribution in [0.2, 0.25) is 0 Å². The molecule has 0 spiro atoms. The zero-order valence-electron chi connectivity index (χ0n) is 19.9. The number of aromatic nitrogens is 1. The van der Waals surface area contributed by atoms with E-state index in [2.05, 4.69) is 39.3 Å². The molecule has 2 fully saturated rings. The molecule has 2 aliphatic rings. The predicted octanol–water partition coefficient (Wildman–Crippen LogP) is 2.56. The van der Waals surface area contributed by atoms with Crippen LogP contribution >= 0.6 is 0 Å². The molecule has 182 valence electrons. The topological polar surface area (TPSA) is 90.0 Å². The number of carbonyl (C=O) groups excluding carboxylic acids is 2. The van der Waals surface area contributed by atoms with Crippen molar-refractivity contribution in [2.45, 2.75) is 32.5 Å². The summed E-state index contributed by atoms with van der Waals surface area (Å²) >= 11 is 0. The lowest BCUT2D eigenvalue weighted by molar-refractivity contribution is -0.131. The quantitative estimate of drug-likeness (QED) is 0.680. The molecular formula is C25H34N6O3. The highest BCUT2D eigenvalue weighted by atomic mass is 16.5. The molecule has 2 atom stereocenters. The number of piperazine rings is 1. The van der Waals surface area contributed by atoms with E-state index in [4.69, 9.17) is 4.74 Å². The molecule has 3 amide bonds. The molecule has 0 radical (unpaired) electrons. The van der Waals surface area contributed by atoms with Gasteiger partial charge in [0.2, 0.25) is 5.91 Å². The monoisotopic (exact) mass is 466 g/mol. The number of nitrogens with one attached hydrogen (secondary N) is 2. The summed E-state index contributed by atoms with van der Waals surface area (Å²) in [7, 11) is 0. The lowest BCUT2D eigenvalue weighted by atomic mass is 10.1. The summed E-state index contributed by atoms with van der Waals surface area (Å²) in [5.74, 6) is 0.992. The summed E-state index contributed by atoms with van der Waals surface area (Å²) in [5.41, 5.74) is 1.72. The van der Waals surface area contributed by atoms with Gasteiger partial charge < -0.3 is 30.1 Å². The number of pyridine rings is 1. The molecule has 2 aliphatic heterocycles. The Hall–Kier alpha value is -3.33. The van der Waals surface area contributed by atoms with Crippen molar-refractivity contribution in [1.82, 2.24) is 15.2 Å². The van der Waals surface area contributed by atoms with Crippen LogP contribution in [0.3, 0.4) is 0 Å². The van der Waals surface area contributed by atoms with Crippen molar-refractivity contribution < 1.29 is 14.3 Å². The van der Waals surface area contributed by atoms with Gasteiger partial charge in [-0.3, -0.25) is 4.79 Å². The van der Waals surface area contributed by atoms with Crippen LogP contribution in [-0.4, -0.2) is 79.8 Å². The number of ether oxygens (including phenoxy) is 1. The second-order valence-corrected chi connectivity index (χ2v) is 8.87. The molecule has 1 aromatic heterocycles. The largest absolute Gasteiger partial charge is 0.372 e. The highest BCUT2D eigenvalue weighted by molar-refractivity contribution is 5.93. The van der Waals surface area contributed by atoms with Gasteiger partial charge >= 0.3 is 6.03 Å². The van der Waals surface area contributed by atoms with Gasteiger partial charge in [-0.1, -0.05) is 18.2 Å². The average Bonchev–Trinajstić information content (AvgIpc) is 2.84. The number of rotatable bonds is 6. The average molecular weight is 467 g/mol. The van der Waals surface area contributed by atoms with Crippen LogP contribution in [0.4, 0.5) is 22.0 Å². The zero-order valence-corrected chi connectivity index (χ0v) is 19.9. The van der Waals surface area contributed by atoms with Crippen molar-refractivity contribution >= 4 is 29.1 Å². The van der Waals surface area contributed by atoms with Gasteiger partial charge in [-0.25, -0.2) is 9.78 Å². The first-order valence-corrected chi connectivity index (χ1v) is 12.0. The minimum atomic E-state index is -0.311. The number of hydrogen-bond acceptors (Lipinski definition) is 6. The first kappa shape index (κ1) is 23.8. The molecule has 9 nitrogen and oxygen atoms in total. The highest BCUT2D eigenvalue weighted by Crippen LogP contribution is 2.28. The van der Waals surface area contributed by atoms with E-state index in [0.717, 1.165) is 43.4 Å². The molecule has 2 N–H and O–H groups in total. The second-order valence-electron chi connectivity index (χ2n) is 8.87. The maximum Gasteiger partial charge on any atom is 0.319 e. The van der Waals surface area contributed by atoms with Gasteiger partial charge in [0.1, 0.15) is 5.82 Å². The lowest BCUT2D eigenvalue weighted by Gasteiger charge is -2.37. The van der Waals surface area contributed by atoms with E-state index in [0.29, 0.717) is 19.6 Å². The van der Waals surface area contributed by atoms with E-state index in [1.165, 1.54) is 0 Å². The number of nitrogens with zero attached hydrogens (tertiary/aromatic N) is 4. The van der Waals surface area contributed by atoms with E-state index < -0.39 is 0 Å². The Balaban J connectivity index is 1.22. The Morgan fingerprint density at radius 1 is 0.971 bits per heavy atom. The van der Waals surface area contributed by atoms with Crippen LogP contribution in [-0.2, 0) is 9.53 Å². The SMILES string of the molecule is CC1CN(c2ccccc2NC(=O)NCCC(=O)N2CCN(c3ccccn3)CC2)CC(C)O1. The molecular weight excluding hydrogens is 432 g/mol. The summed E-state index contributed by atoms with van der Waals surface area (Å²) in [6.45, 7) is 8.77. The minimum Gasteiger partial charge on any atom is -0.372 e. The Morgan fingerprint density at radius 2 is 1.68 bits per heavy atom. The molecule has 9 heteroatoms. The van der Waals surface area contributed by atoms with E-state index in [1.54, 1.807) is 6.20 Å². The van der Waals surface area contributed by atoms with Crippen LogP contribution < -0.4 is 20.4 Å². The normalized spacial score (nSPS) is 20.7. The molecule has 2 unspecified atom stereocenters. The second kappa shape index (κ2) is 11.2. The molecule has 0 bridgehead atoms. The Labute approximate surface area is 201 Å². The van der Waals surface area contributed by atoms with Crippen molar-refractivity contribution in [3.8, 4) is 0 Å². The summed E-state index contributed by atoms with van der Waals surface area (Å²) in [4.78, 5) is 35.8. The third kappa shape index (κ3) is 6.17. The van der Waals surface area contributed by atoms with Gasteiger partial charge in [-0.05, 0) is 38.1 Å². The molecule has 4 rings (SSSR count). The third-order valence-electron chi connectivity index (χ3n) is 6.14. The maximum absolute atomic E-state index is 12.6. The summed E-state index contributed by atoms with van der Waals surface area (Å²) in [6, 6.07) is 13.3. The number of hydrogen-bond donors (Lipinski definition) is 2. The van der Waals surface area contributed by atoms with Crippen molar-refractivity contribution in [2.24, 2.45) is 0 Å². The molecule has 2 aromatic rings. The number of morpholine rings is 1. The number of amides is 3. The van der Waals surface area contributed by atoms with Gasteiger partial charge in [0.15, 0.2) is 0 Å². The lowest BCUT2D eigenvalue weighted by Crippen LogP contribution is -2.49. The third-order valence-corrected chi connectivity index (χ3v) is 6.14. The van der Waals surface area contributed by atoms with Gasteiger partial charge in [-0.15, -0.1) is 0 Å².